The van der Waals surface area contributed by atoms with Crippen molar-refractivity contribution in [3.05, 3.63) is 53.9 Å². The number of carbonyl (C=O) groups is 2. The highest BCUT2D eigenvalue weighted by molar-refractivity contribution is 5.95. The van der Waals surface area contributed by atoms with Crippen molar-refractivity contribution < 1.29 is 14.7 Å². The molecule has 1 atom stereocenters. The summed E-state index contributed by atoms with van der Waals surface area (Å²) in [6.07, 6.45) is 2.42. The summed E-state index contributed by atoms with van der Waals surface area (Å²) in [7, 11) is 1.63. The van der Waals surface area contributed by atoms with Crippen LogP contribution in [0.3, 0.4) is 0 Å². The smallest absolute Gasteiger partial charge is 0.326 e. The van der Waals surface area contributed by atoms with Gasteiger partial charge in [-0.3, -0.25) is 9.48 Å². The Kier molecular flexibility index (Phi) is 4.71. The van der Waals surface area contributed by atoms with Gasteiger partial charge in [-0.25, -0.2) is 4.79 Å². The Morgan fingerprint density at radius 2 is 2.00 bits per heavy atom. The molecule has 0 saturated carbocycles. The Bertz CT molecular complexity index is 622. The van der Waals surface area contributed by atoms with Crippen LogP contribution in [0, 0.1) is 0 Å². The van der Waals surface area contributed by atoms with E-state index in [0.717, 1.165) is 5.56 Å². The molecule has 0 fully saturated rings. The van der Waals surface area contributed by atoms with Crippen molar-refractivity contribution in [1.29, 1.82) is 0 Å². The maximum absolute atomic E-state index is 12.0. The molecule has 2 N–H and O–H groups in total. The summed E-state index contributed by atoms with van der Waals surface area (Å²) in [5.41, 5.74) is 1.37. The van der Waals surface area contributed by atoms with Gasteiger partial charge >= 0.3 is 5.97 Å². The number of nitrogens with one attached hydrogen (secondary N) is 1. The number of hydrogen-bond acceptors (Lipinski definition) is 3. The molecule has 1 amide bonds. The van der Waals surface area contributed by atoms with Gasteiger partial charge in [-0.2, -0.15) is 5.10 Å². The summed E-state index contributed by atoms with van der Waals surface area (Å²) in [4.78, 5) is 23.3. The Morgan fingerprint density at radius 3 is 2.57 bits per heavy atom. The zero-order valence-corrected chi connectivity index (χ0v) is 11.7. The normalized spacial score (nSPS) is 11.9. The third-order valence-electron chi connectivity index (χ3n) is 3.22. The minimum absolute atomic E-state index is 0.334. The average molecular weight is 287 g/mol. The third kappa shape index (κ3) is 3.92. The fourth-order valence-electron chi connectivity index (χ4n) is 2.04. The van der Waals surface area contributed by atoms with Crippen LogP contribution >= 0.6 is 0 Å². The van der Waals surface area contributed by atoms with Crippen LogP contribution in [0.1, 0.15) is 22.5 Å². The second-order valence-corrected chi connectivity index (χ2v) is 4.73. The molecule has 110 valence electrons. The van der Waals surface area contributed by atoms with Gasteiger partial charge < -0.3 is 10.4 Å². The molecule has 1 unspecified atom stereocenters. The van der Waals surface area contributed by atoms with Gasteiger partial charge in [-0.05, 0) is 24.5 Å². The molecule has 1 aromatic carbocycles. The molecular weight excluding hydrogens is 270 g/mol. The lowest BCUT2D eigenvalue weighted by Gasteiger charge is -2.14. The van der Waals surface area contributed by atoms with E-state index < -0.39 is 17.9 Å². The monoisotopic (exact) mass is 287 g/mol. The van der Waals surface area contributed by atoms with E-state index in [1.54, 1.807) is 13.1 Å². The highest BCUT2D eigenvalue weighted by Crippen LogP contribution is 2.06. The minimum Gasteiger partial charge on any atom is -0.480 e. The maximum Gasteiger partial charge on any atom is 0.326 e. The summed E-state index contributed by atoms with van der Waals surface area (Å²) in [6, 6.07) is 10.2. The first-order valence-corrected chi connectivity index (χ1v) is 6.63. The number of hydrogen-bond donors (Lipinski definition) is 2. The number of aliphatic carboxylic acids is 1. The van der Waals surface area contributed by atoms with Crippen molar-refractivity contribution >= 4 is 11.9 Å². The molecular formula is C15H17N3O3. The van der Waals surface area contributed by atoms with Gasteiger partial charge in [0.2, 0.25) is 0 Å². The van der Waals surface area contributed by atoms with Crippen molar-refractivity contribution in [3.8, 4) is 0 Å². The molecule has 0 aliphatic carbocycles. The second-order valence-electron chi connectivity index (χ2n) is 4.73. The van der Waals surface area contributed by atoms with Crippen LogP contribution in [-0.4, -0.2) is 32.8 Å². The van der Waals surface area contributed by atoms with E-state index >= 15 is 0 Å². The highest BCUT2D eigenvalue weighted by atomic mass is 16.4. The van der Waals surface area contributed by atoms with Gasteiger partial charge in [-0.15, -0.1) is 0 Å². The second kappa shape index (κ2) is 6.69. The summed E-state index contributed by atoms with van der Waals surface area (Å²) in [5.74, 6) is -1.48. The number of carbonyl (C=O) groups excluding carboxylic acids is 1. The first-order valence-electron chi connectivity index (χ1n) is 6.63. The van der Waals surface area contributed by atoms with Crippen LogP contribution in [0.15, 0.2) is 42.6 Å². The summed E-state index contributed by atoms with van der Waals surface area (Å²) in [5, 5.41) is 15.7. The number of carboxylic acids is 1. The van der Waals surface area contributed by atoms with E-state index in [0.29, 0.717) is 18.5 Å². The first kappa shape index (κ1) is 14.8. The van der Waals surface area contributed by atoms with Gasteiger partial charge in [0.15, 0.2) is 0 Å². The van der Waals surface area contributed by atoms with Crippen molar-refractivity contribution in [2.45, 2.75) is 18.9 Å². The van der Waals surface area contributed by atoms with E-state index in [-0.39, 0.29) is 0 Å². The molecule has 2 rings (SSSR count). The van der Waals surface area contributed by atoms with E-state index in [1.165, 1.54) is 10.9 Å². The van der Waals surface area contributed by atoms with Crippen LogP contribution in [0.2, 0.25) is 0 Å². The lowest BCUT2D eigenvalue weighted by molar-refractivity contribution is -0.139. The van der Waals surface area contributed by atoms with Crippen molar-refractivity contribution in [1.82, 2.24) is 15.1 Å². The largest absolute Gasteiger partial charge is 0.480 e. The average Bonchev–Trinajstić information content (AvgIpc) is 2.90. The number of aromatic nitrogens is 2. The molecule has 21 heavy (non-hydrogen) atoms. The van der Waals surface area contributed by atoms with Gasteiger partial charge in [0, 0.05) is 13.2 Å². The SMILES string of the molecule is Cn1nccc1C(=O)NC(CCc1ccccc1)C(=O)O. The molecule has 0 bridgehead atoms. The summed E-state index contributed by atoms with van der Waals surface area (Å²) >= 11 is 0. The molecule has 1 aromatic heterocycles. The molecule has 0 radical (unpaired) electrons. The molecule has 1 heterocycles. The molecule has 0 saturated heterocycles. The van der Waals surface area contributed by atoms with Crippen molar-refractivity contribution in [3.63, 3.8) is 0 Å². The zero-order chi connectivity index (χ0) is 15.2. The topological polar surface area (TPSA) is 84.2 Å². The van der Waals surface area contributed by atoms with E-state index in [1.807, 2.05) is 30.3 Å². The third-order valence-corrected chi connectivity index (χ3v) is 3.22. The molecule has 6 heteroatoms. The molecule has 0 aliphatic heterocycles. The van der Waals surface area contributed by atoms with Crippen LogP contribution in [0.25, 0.3) is 0 Å². The van der Waals surface area contributed by atoms with E-state index in [2.05, 4.69) is 10.4 Å². The Balaban J connectivity index is 1.98. The standard InChI is InChI=1S/C15H17N3O3/c1-18-13(9-10-16-18)14(19)17-12(15(20)21)8-7-11-5-3-2-4-6-11/h2-6,9-10,12H,7-8H2,1H3,(H,17,19)(H,20,21). The Hall–Kier alpha value is -2.63. The van der Waals surface area contributed by atoms with Gasteiger partial charge in [0.05, 0.1) is 0 Å². The van der Waals surface area contributed by atoms with Crippen LogP contribution in [0.4, 0.5) is 0 Å². The minimum atomic E-state index is -1.04. The number of amides is 1. The number of nitrogens with zero attached hydrogens (tertiary/aromatic N) is 2. The quantitative estimate of drug-likeness (QED) is 0.837. The van der Waals surface area contributed by atoms with Crippen LogP contribution < -0.4 is 5.32 Å². The van der Waals surface area contributed by atoms with Crippen LogP contribution in [-0.2, 0) is 18.3 Å². The van der Waals surface area contributed by atoms with Gasteiger partial charge in [0.25, 0.3) is 5.91 Å². The van der Waals surface area contributed by atoms with E-state index in [9.17, 15) is 14.7 Å². The van der Waals surface area contributed by atoms with Gasteiger partial charge in [-0.1, -0.05) is 30.3 Å². The number of benzene rings is 1. The maximum atomic E-state index is 12.0. The predicted molar refractivity (Wildman–Crippen MR) is 76.9 cm³/mol. The predicted octanol–water partition coefficient (Wildman–Crippen LogP) is 1.24. The Morgan fingerprint density at radius 1 is 1.29 bits per heavy atom. The number of carboxylic acid groups (broad SMARTS) is 1. The number of aryl methyl sites for hydroxylation is 2. The molecule has 2 aromatic rings. The van der Waals surface area contributed by atoms with Crippen LogP contribution in [0.5, 0.6) is 0 Å². The first-order chi connectivity index (χ1) is 10.1. The Labute approximate surface area is 122 Å². The fraction of sp³-hybridized carbons (Fsp3) is 0.267. The lowest BCUT2D eigenvalue weighted by Crippen LogP contribution is -2.41. The lowest BCUT2D eigenvalue weighted by atomic mass is 10.1. The molecule has 6 nitrogen and oxygen atoms in total. The van der Waals surface area contributed by atoms with E-state index in [4.69, 9.17) is 0 Å². The highest BCUT2D eigenvalue weighted by Gasteiger charge is 2.21. The fourth-order valence-corrected chi connectivity index (χ4v) is 2.04. The van der Waals surface area contributed by atoms with Crippen molar-refractivity contribution in [2.75, 3.05) is 0 Å². The number of rotatable bonds is 6. The molecule has 0 aliphatic rings. The van der Waals surface area contributed by atoms with Crippen molar-refractivity contribution in [2.24, 2.45) is 7.05 Å². The zero-order valence-electron chi connectivity index (χ0n) is 11.7. The molecule has 0 spiro atoms. The summed E-state index contributed by atoms with van der Waals surface area (Å²) in [6.45, 7) is 0. The summed E-state index contributed by atoms with van der Waals surface area (Å²) < 4.78 is 1.41. The van der Waals surface area contributed by atoms with Gasteiger partial charge in [0.1, 0.15) is 11.7 Å².